The monoisotopic (exact) mass is 134 g/mol. The van der Waals surface area contributed by atoms with E-state index in [1.54, 1.807) is 6.92 Å². The Morgan fingerprint density at radius 3 is 1.78 bits per heavy atom. The average Bonchev–Trinajstić information content (AvgIpc) is 1.84. The zero-order valence-electron chi connectivity index (χ0n) is 5.78. The molecule has 0 rings (SSSR count). The quantitative estimate of drug-likeness (QED) is 0.487. The van der Waals surface area contributed by atoms with Gasteiger partial charge in [0, 0.05) is 0 Å². The van der Waals surface area contributed by atoms with Crippen LogP contribution in [0.4, 0.5) is 0 Å². The summed E-state index contributed by atoms with van der Waals surface area (Å²) in [4.78, 5) is 0. The Labute approximate surface area is 54.9 Å². The van der Waals surface area contributed by atoms with Gasteiger partial charge in [0.1, 0.15) is 6.10 Å². The van der Waals surface area contributed by atoms with Crippen molar-refractivity contribution < 1.29 is 15.3 Å². The molecule has 3 heteroatoms. The molecule has 9 heavy (non-hydrogen) atoms. The molecule has 0 aromatic heterocycles. The Kier molecular flexibility index (Phi) is 3.77. The first-order valence-corrected chi connectivity index (χ1v) is 3.13. The summed E-state index contributed by atoms with van der Waals surface area (Å²) in [5.74, 6) is 0. The fourth-order valence-electron chi connectivity index (χ4n) is 0.563. The van der Waals surface area contributed by atoms with Gasteiger partial charge in [-0.2, -0.15) is 0 Å². The molecule has 0 saturated carbocycles. The van der Waals surface area contributed by atoms with Crippen molar-refractivity contribution in [2.75, 3.05) is 0 Å². The number of hydrogen-bond donors (Lipinski definition) is 3. The number of hydrogen-bond acceptors (Lipinski definition) is 3. The van der Waals surface area contributed by atoms with Gasteiger partial charge in [0.2, 0.25) is 0 Å². The molecule has 0 aromatic rings. The lowest BCUT2D eigenvalue weighted by molar-refractivity contribution is -0.0524. The van der Waals surface area contributed by atoms with E-state index in [2.05, 4.69) is 0 Å². The Morgan fingerprint density at radius 2 is 1.67 bits per heavy atom. The molecule has 0 unspecified atom stereocenters. The first-order chi connectivity index (χ1) is 4.09. The maximum atomic E-state index is 8.89. The van der Waals surface area contributed by atoms with Gasteiger partial charge in [0.05, 0.1) is 12.2 Å². The number of aliphatic hydroxyl groups is 3. The molecule has 3 nitrogen and oxygen atoms in total. The second-order valence-corrected chi connectivity index (χ2v) is 2.21. The lowest BCUT2D eigenvalue weighted by Gasteiger charge is -2.17. The molecule has 0 amide bonds. The Morgan fingerprint density at radius 1 is 1.22 bits per heavy atom. The van der Waals surface area contributed by atoms with Gasteiger partial charge in [-0.05, 0) is 13.3 Å². The van der Waals surface area contributed by atoms with Crippen LogP contribution in [0.1, 0.15) is 20.3 Å². The fourth-order valence-corrected chi connectivity index (χ4v) is 0.563. The lowest BCUT2D eigenvalue weighted by Crippen LogP contribution is -2.34. The Hall–Kier alpha value is -0.120. The van der Waals surface area contributed by atoms with Crippen molar-refractivity contribution in [3.05, 3.63) is 0 Å². The van der Waals surface area contributed by atoms with Gasteiger partial charge in [0.15, 0.2) is 0 Å². The summed E-state index contributed by atoms with van der Waals surface area (Å²) < 4.78 is 0. The van der Waals surface area contributed by atoms with Crippen LogP contribution in [0.5, 0.6) is 0 Å². The summed E-state index contributed by atoms with van der Waals surface area (Å²) in [6, 6.07) is 0. The van der Waals surface area contributed by atoms with Crippen LogP contribution in [0.3, 0.4) is 0 Å². The zero-order chi connectivity index (χ0) is 7.44. The Balaban J connectivity index is 3.58. The van der Waals surface area contributed by atoms with Crippen LogP contribution < -0.4 is 0 Å². The predicted molar refractivity (Wildman–Crippen MR) is 34.0 cm³/mol. The molecule has 0 bridgehead atoms. The third kappa shape index (κ3) is 2.79. The molecule has 0 spiro atoms. The van der Waals surface area contributed by atoms with Gasteiger partial charge in [-0.25, -0.2) is 0 Å². The molecule has 0 saturated heterocycles. The van der Waals surface area contributed by atoms with Gasteiger partial charge in [-0.3, -0.25) is 0 Å². The van der Waals surface area contributed by atoms with Gasteiger partial charge in [-0.1, -0.05) is 6.92 Å². The SMILES string of the molecule is CC[C@@H](O)[C@H](O)[C@@H](C)O. The van der Waals surface area contributed by atoms with E-state index < -0.39 is 18.3 Å². The van der Waals surface area contributed by atoms with Crippen LogP contribution in [-0.2, 0) is 0 Å². The highest BCUT2D eigenvalue weighted by molar-refractivity contribution is 4.69. The highest BCUT2D eigenvalue weighted by atomic mass is 16.4. The fraction of sp³-hybridized carbons (Fsp3) is 1.00. The standard InChI is InChI=1S/C6H14O3/c1-3-5(8)6(9)4(2)7/h4-9H,3H2,1-2H3/t4-,5-,6-/m1/s1. The summed E-state index contributed by atoms with van der Waals surface area (Å²) in [5.41, 5.74) is 0. The van der Waals surface area contributed by atoms with Crippen LogP contribution in [0.2, 0.25) is 0 Å². The zero-order valence-corrected chi connectivity index (χ0v) is 5.78. The third-order valence-electron chi connectivity index (χ3n) is 1.31. The summed E-state index contributed by atoms with van der Waals surface area (Å²) in [7, 11) is 0. The second kappa shape index (κ2) is 3.82. The highest BCUT2D eigenvalue weighted by Gasteiger charge is 2.18. The molecule has 0 aliphatic rings. The largest absolute Gasteiger partial charge is 0.391 e. The van der Waals surface area contributed by atoms with Crippen LogP contribution in [0.15, 0.2) is 0 Å². The highest BCUT2D eigenvalue weighted by Crippen LogP contribution is 2.01. The van der Waals surface area contributed by atoms with E-state index in [1.807, 2.05) is 0 Å². The minimum Gasteiger partial charge on any atom is -0.391 e. The first-order valence-electron chi connectivity index (χ1n) is 3.13. The second-order valence-electron chi connectivity index (χ2n) is 2.21. The number of aliphatic hydroxyl groups excluding tert-OH is 3. The molecule has 0 aromatic carbocycles. The molecule has 3 N–H and O–H groups in total. The smallest absolute Gasteiger partial charge is 0.105 e. The topological polar surface area (TPSA) is 60.7 Å². The molecular weight excluding hydrogens is 120 g/mol. The molecule has 0 heterocycles. The van der Waals surface area contributed by atoms with E-state index in [1.165, 1.54) is 6.92 Å². The van der Waals surface area contributed by atoms with E-state index >= 15 is 0 Å². The van der Waals surface area contributed by atoms with E-state index in [-0.39, 0.29) is 0 Å². The maximum absolute atomic E-state index is 8.89. The van der Waals surface area contributed by atoms with Crippen molar-refractivity contribution in [1.82, 2.24) is 0 Å². The van der Waals surface area contributed by atoms with Gasteiger partial charge in [-0.15, -0.1) is 0 Å². The predicted octanol–water partition coefficient (Wildman–Crippen LogP) is -0.501. The van der Waals surface area contributed by atoms with E-state index in [0.717, 1.165) is 0 Å². The molecular formula is C6H14O3. The van der Waals surface area contributed by atoms with Crippen LogP contribution in [0, 0.1) is 0 Å². The molecule has 3 atom stereocenters. The number of rotatable bonds is 3. The molecule has 56 valence electrons. The average molecular weight is 134 g/mol. The summed E-state index contributed by atoms with van der Waals surface area (Å²) in [6.07, 6.45) is -2.19. The van der Waals surface area contributed by atoms with E-state index in [9.17, 15) is 0 Å². The van der Waals surface area contributed by atoms with E-state index in [4.69, 9.17) is 15.3 Å². The first kappa shape index (κ1) is 8.88. The summed E-state index contributed by atoms with van der Waals surface area (Å²) >= 11 is 0. The van der Waals surface area contributed by atoms with Gasteiger partial charge in [0.25, 0.3) is 0 Å². The van der Waals surface area contributed by atoms with Crippen molar-refractivity contribution in [3.8, 4) is 0 Å². The van der Waals surface area contributed by atoms with Gasteiger partial charge < -0.3 is 15.3 Å². The van der Waals surface area contributed by atoms with Crippen LogP contribution in [0.25, 0.3) is 0 Å². The molecule has 0 radical (unpaired) electrons. The summed E-state index contributed by atoms with van der Waals surface area (Å²) in [5, 5.41) is 26.5. The molecule has 0 aliphatic heterocycles. The Bertz CT molecular complexity index is 72.7. The molecule has 0 aliphatic carbocycles. The normalized spacial score (nSPS) is 21.0. The van der Waals surface area contributed by atoms with Crippen LogP contribution >= 0.6 is 0 Å². The molecule has 0 fully saturated rings. The summed E-state index contributed by atoms with van der Waals surface area (Å²) in [6.45, 7) is 3.19. The van der Waals surface area contributed by atoms with Crippen molar-refractivity contribution in [3.63, 3.8) is 0 Å². The van der Waals surface area contributed by atoms with Crippen molar-refractivity contribution in [2.45, 2.75) is 38.6 Å². The lowest BCUT2D eigenvalue weighted by atomic mass is 10.1. The van der Waals surface area contributed by atoms with E-state index in [0.29, 0.717) is 6.42 Å². The minimum atomic E-state index is -1.00. The van der Waals surface area contributed by atoms with Crippen molar-refractivity contribution >= 4 is 0 Å². The minimum absolute atomic E-state index is 0.464. The van der Waals surface area contributed by atoms with Gasteiger partial charge >= 0.3 is 0 Å². The van der Waals surface area contributed by atoms with Crippen LogP contribution in [-0.4, -0.2) is 33.6 Å². The maximum Gasteiger partial charge on any atom is 0.105 e. The van der Waals surface area contributed by atoms with Crippen molar-refractivity contribution in [1.29, 1.82) is 0 Å². The third-order valence-corrected chi connectivity index (χ3v) is 1.31. The van der Waals surface area contributed by atoms with Crippen molar-refractivity contribution in [2.24, 2.45) is 0 Å².